The SMILES string of the molecule is CC[C@H](O)[C@H](C)/C=C\[S@](=O)(=NC)c1ccccc1. The van der Waals surface area contributed by atoms with Crippen LogP contribution in [0.4, 0.5) is 0 Å². The molecule has 100 valence electrons. The summed E-state index contributed by atoms with van der Waals surface area (Å²) < 4.78 is 16.6. The van der Waals surface area contributed by atoms with Crippen LogP contribution in [-0.4, -0.2) is 22.5 Å². The van der Waals surface area contributed by atoms with Crippen LogP contribution in [0.1, 0.15) is 20.3 Å². The van der Waals surface area contributed by atoms with Gasteiger partial charge in [-0.3, -0.25) is 0 Å². The Labute approximate surface area is 110 Å². The lowest BCUT2D eigenvalue weighted by molar-refractivity contribution is 0.134. The smallest absolute Gasteiger partial charge is 0.0963 e. The predicted octanol–water partition coefficient (Wildman–Crippen LogP) is 3.06. The minimum atomic E-state index is -2.51. The van der Waals surface area contributed by atoms with Gasteiger partial charge in [0.05, 0.1) is 20.7 Å². The predicted molar refractivity (Wildman–Crippen MR) is 75.8 cm³/mol. The minimum absolute atomic E-state index is 0.0266. The molecule has 0 spiro atoms. The molecule has 1 aromatic carbocycles. The van der Waals surface area contributed by atoms with Crippen molar-refractivity contribution in [1.29, 1.82) is 0 Å². The second-order valence-electron chi connectivity index (χ2n) is 4.23. The number of aliphatic hydroxyl groups excluding tert-OH is 1. The van der Waals surface area contributed by atoms with Gasteiger partial charge in [-0.25, -0.2) is 8.57 Å². The van der Waals surface area contributed by atoms with Crippen LogP contribution >= 0.6 is 0 Å². The van der Waals surface area contributed by atoms with E-state index in [4.69, 9.17) is 0 Å². The number of hydrogen-bond donors (Lipinski definition) is 1. The summed E-state index contributed by atoms with van der Waals surface area (Å²) in [6.45, 7) is 3.83. The maximum Gasteiger partial charge on any atom is 0.0963 e. The third kappa shape index (κ3) is 3.68. The van der Waals surface area contributed by atoms with E-state index in [1.807, 2.05) is 32.0 Å². The maximum absolute atomic E-state index is 12.6. The standard InChI is InChI=1S/C14H21NO2S/c1-4-14(16)12(2)10-11-18(17,15-3)13-8-6-5-7-9-13/h5-12,14,16H,4H2,1-3H3/b11-10-/t12-,14+,18-/m1/s1. The van der Waals surface area contributed by atoms with Crippen LogP contribution in [0.3, 0.4) is 0 Å². The van der Waals surface area contributed by atoms with Crippen LogP contribution in [-0.2, 0) is 9.73 Å². The fourth-order valence-corrected chi connectivity index (χ4v) is 3.09. The fourth-order valence-electron chi connectivity index (χ4n) is 1.59. The van der Waals surface area contributed by atoms with Gasteiger partial charge < -0.3 is 5.11 Å². The van der Waals surface area contributed by atoms with Crippen LogP contribution in [0.2, 0.25) is 0 Å². The van der Waals surface area contributed by atoms with E-state index >= 15 is 0 Å². The minimum Gasteiger partial charge on any atom is -0.393 e. The number of hydrogen-bond acceptors (Lipinski definition) is 3. The van der Waals surface area contributed by atoms with Crippen molar-refractivity contribution in [2.45, 2.75) is 31.3 Å². The molecular weight excluding hydrogens is 246 g/mol. The maximum atomic E-state index is 12.6. The van der Waals surface area contributed by atoms with E-state index in [1.54, 1.807) is 30.7 Å². The van der Waals surface area contributed by atoms with Gasteiger partial charge in [-0.2, -0.15) is 0 Å². The summed E-state index contributed by atoms with van der Waals surface area (Å²) in [6.07, 6.45) is 2.06. The zero-order chi connectivity index (χ0) is 13.6. The number of rotatable bonds is 5. The van der Waals surface area contributed by atoms with Crippen molar-refractivity contribution in [3.05, 3.63) is 41.8 Å². The zero-order valence-electron chi connectivity index (χ0n) is 11.1. The van der Waals surface area contributed by atoms with E-state index in [0.29, 0.717) is 11.3 Å². The second-order valence-corrected chi connectivity index (χ2v) is 6.47. The summed E-state index contributed by atoms with van der Waals surface area (Å²) in [6, 6.07) is 9.18. The first-order valence-corrected chi connectivity index (χ1v) is 7.68. The summed E-state index contributed by atoms with van der Waals surface area (Å²) in [5.74, 6) is -0.0266. The van der Waals surface area contributed by atoms with Gasteiger partial charge in [0.1, 0.15) is 0 Å². The van der Waals surface area contributed by atoms with Gasteiger partial charge in [0.15, 0.2) is 0 Å². The Hall–Kier alpha value is -1.13. The van der Waals surface area contributed by atoms with Crippen LogP contribution in [0, 0.1) is 5.92 Å². The lowest BCUT2D eigenvalue weighted by Crippen LogP contribution is -2.14. The van der Waals surface area contributed by atoms with Gasteiger partial charge in [0.2, 0.25) is 0 Å². The lowest BCUT2D eigenvalue weighted by Gasteiger charge is -2.13. The molecule has 0 aliphatic heterocycles. The first-order chi connectivity index (χ1) is 8.53. The topological polar surface area (TPSA) is 49.7 Å². The molecule has 18 heavy (non-hydrogen) atoms. The summed E-state index contributed by atoms with van der Waals surface area (Å²) in [5, 5.41) is 11.3. The van der Waals surface area contributed by atoms with Gasteiger partial charge in [-0.05, 0) is 18.6 Å². The molecule has 0 aromatic heterocycles. The molecule has 1 aromatic rings. The Kier molecular flexibility index (Phi) is 5.56. The first kappa shape index (κ1) is 14.9. The molecule has 0 aliphatic rings. The van der Waals surface area contributed by atoms with Crippen molar-refractivity contribution in [3.63, 3.8) is 0 Å². The molecule has 0 aliphatic carbocycles. The van der Waals surface area contributed by atoms with E-state index in [-0.39, 0.29) is 5.92 Å². The third-order valence-corrected chi connectivity index (χ3v) is 4.96. The van der Waals surface area contributed by atoms with E-state index in [0.717, 1.165) is 0 Å². The molecular formula is C14H21NO2S. The highest BCUT2D eigenvalue weighted by Gasteiger charge is 2.11. The largest absolute Gasteiger partial charge is 0.393 e. The van der Waals surface area contributed by atoms with E-state index in [1.165, 1.54) is 0 Å². The van der Waals surface area contributed by atoms with Crippen molar-refractivity contribution in [2.24, 2.45) is 10.3 Å². The Morgan fingerprint density at radius 2 is 2.00 bits per heavy atom. The number of benzene rings is 1. The fraction of sp³-hybridized carbons (Fsp3) is 0.429. The summed E-state index contributed by atoms with van der Waals surface area (Å²) in [5.41, 5.74) is 0. The number of aliphatic hydroxyl groups is 1. The van der Waals surface area contributed by atoms with Gasteiger partial charge >= 0.3 is 0 Å². The summed E-state index contributed by atoms with van der Waals surface area (Å²) in [7, 11) is -0.953. The molecule has 0 bridgehead atoms. The van der Waals surface area contributed by atoms with Gasteiger partial charge in [0.25, 0.3) is 0 Å². The monoisotopic (exact) mass is 267 g/mol. The highest BCUT2D eigenvalue weighted by molar-refractivity contribution is 7.96. The van der Waals surface area contributed by atoms with Gasteiger partial charge in [0, 0.05) is 18.4 Å². The molecule has 3 nitrogen and oxygen atoms in total. The molecule has 0 saturated heterocycles. The first-order valence-electron chi connectivity index (χ1n) is 6.10. The zero-order valence-corrected chi connectivity index (χ0v) is 11.9. The molecule has 4 heteroatoms. The van der Waals surface area contributed by atoms with E-state index in [9.17, 15) is 9.32 Å². The van der Waals surface area contributed by atoms with Crippen molar-refractivity contribution in [3.8, 4) is 0 Å². The molecule has 1 N–H and O–H groups in total. The van der Waals surface area contributed by atoms with E-state index in [2.05, 4.69) is 4.36 Å². The lowest BCUT2D eigenvalue weighted by atomic mass is 10.0. The summed E-state index contributed by atoms with van der Waals surface area (Å²) >= 11 is 0. The quantitative estimate of drug-likeness (QED) is 0.891. The molecule has 3 atom stereocenters. The highest BCUT2D eigenvalue weighted by atomic mass is 32.2. The Bertz CT molecular complexity index is 502. The Balaban J connectivity index is 3.00. The van der Waals surface area contributed by atoms with Crippen LogP contribution in [0.25, 0.3) is 0 Å². The molecule has 0 radical (unpaired) electrons. The van der Waals surface area contributed by atoms with Crippen molar-refractivity contribution in [1.82, 2.24) is 0 Å². The normalized spacial score (nSPS) is 18.2. The van der Waals surface area contributed by atoms with Gasteiger partial charge in [-0.1, -0.05) is 38.1 Å². The van der Waals surface area contributed by atoms with Crippen LogP contribution in [0.15, 0.2) is 51.1 Å². The average Bonchev–Trinajstić information content (AvgIpc) is 2.44. The molecule has 0 saturated carbocycles. The average molecular weight is 267 g/mol. The molecule has 0 heterocycles. The van der Waals surface area contributed by atoms with Crippen molar-refractivity contribution >= 4 is 9.73 Å². The summed E-state index contributed by atoms with van der Waals surface area (Å²) in [4.78, 5) is 0.696. The molecule has 1 rings (SSSR count). The van der Waals surface area contributed by atoms with Crippen molar-refractivity contribution < 1.29 is 9.32 Å². The molecule has 0 unspecified atom stereocenters. The molecule has 0 amide bonds. The van der Waals surface area contributed by atoms with Crippen molar-refractivity contribution in [2.75, 3.05) is 7.05 Å². The van der Waals surface area contributed by atoms with Crippen LogP contribution in [0.5, 0.6) is 0 Å². The molecule has 0 fully saturated rings. The van der Waals surface area contributed by atoms with E-state index < -0.39 is 15.8 Å². The number of nitrogens with zero attached hydrogens (tertiary/aromatic N) is 1. The van der Waals surface area contributed by atoms with Gasteiger partial charge in [-0.15, -0.1) is 0 Å². The van der Waals surface area contributed by atoms with Crippen LogP contribution < -0.4 is 0 Å². The highest BCUT2D eigenvalue weighted by Crippen LogP contribution is 2.17. The Morgan fingerprint density at radius 3 is 2.50 bits per heavy atom. The third-order valence-electron chi connectivity index (χ3n) is 2.94. The second kappa shape index (κ2) is 6.71. The Morgan fingerprint density at radius 1 is 1.39 bits per heavy atom.